The summed E-state index contributed by atoms with van der Waals surface area (Å²) in [5.41, 5.74) is 3.01. The van der Waals surface area contributed by atoms with Crippen LogP contribution in [0.2, 0.25) is 0 Å². The Bertz CT molecular complexity index is 1400. The molecule has 0 radical (unpaired) electrons. The lowest BCUT2D eigenvalue weighted by atomic mass is 9.99. The molecule has 2 aliphatic heterocycles. The second-order valence-corrected chi connectivity index (χ2v) is 8.96. The van der Waals surface area contributed by atoms with Gasteiger partial charge in [0.1, 0.15) is 17.3 Å². The van der Waals surface area contributed by atoms with Crippen molar-refractivity contribution in [3.8, 4) is 11.1 Å². The number of benzene rings is 2. The van der Waals surface area contributed by atoms with Crippen LogP contribution in [0, 0.1) is 11.6 Å². The van der Waals surface area contributed by atoms with E-state index in [4.69, 9.17) is 4.74 Å². The number of ether oxygens (including phenoxy) is 1. The van der Waals surface area contributed by atoms with Gasteiger partial charge in [-0.25, -0.2) is 8.78 Å². The maximum absolute atomic E-state index is 15.2. The average Bonchev–Trinajstić information content (AvgIpc) is 3.58. The van der Waals surface area contributed by atoms with Crippen LogP contribution in [0.4, 0.5) is 8.78 Å². The summed E-state index contributed by atoms with van der Waals surface area (Å²) in [7, 11) is 1.80. The van der Waals surface area contributed by atoms with Crippen LogP contribution in [0.5, 0.6) is 0 Å². The van der Waals surface area contributed by atoms with E-state index in [2.05, 4.69) is 10.2 Å². The Balaban J connectivity index is 1.26. The number of fused-ring (bicyclic) bond motifs is 2. The number of halogens is 2. The molecule has 0 N–H and O–H groups in total. The molecule has 7 nitrogen and oxygen atoms in total. The fourth-order valence-corrected chi connectivity index (χ4v) is 4.98. The average molecular weight is 463 g/mol. The summed E-state index contributed by atoms with van der Waals surface area (Å²) >= 11 is 0. The van der Waals surface area contributed by atoms with Crippen LogP contribution in [0.15, 0.2) is 42.7 Å². The van der Waals surface area contributed by atoms with Gasteiger partial charge in [0.15, 0.2) is 0 Å². The Labute approximate surface area is 194 Å². The van der Waals surface area contributed by atoms with Crippen LogP contribution in [0.25, 0.3) is 22.0 Å². The molecule has 4 aromatic rings. The summed E-state index contributed by atoms with van der Waals surface area (Å²) in [6, 6.07) is 8.14. The predicted octanol–water partition coefficient (Wildman–Crippen LogP) is 4.05. The molecule has 1 saturated heterocycles. The van der Waals surface area contributed by atoms with E-state index in [1.165, 1.54) is 17.0 Å². The van der Waals surface area contributed by atoms with Gasteiger partial charge in [0.2, 0.25) is 0 Å². The van der Waals surface area contributed by atoms with Gasteiger partial charge in [0, 0.05) is 36.4 Å². The first-order valence-electron chi connectivity index (χ1n) is 11.3. The highest BCUT2D eigenvalue weighted by molar-refractivity contribution is 5.97. The number of carbonyl (C=O) groups is 1. The molecular formula is C25H23F2N5O2. The van der Waals surface area contributed by atoms with Crippen molar-refractivity contribution in [2.45, 2.75) is 38.6 Å². The molecule has 1 unspecified atom stereocenters. The highest BCUT2D eigenvalue weighted by Crippen LogP contribution is 2.32. The lowest BCUT2D eigenvalue weighted by molar-refractivity contribution is 0.0732. The molecule has 0 spiro atoms. The minimum absolute atomic E-state index is 0.0394. The first-order chi connectivity index (χ1) is 16.5. The summed E-state index contributed by atoms with van der Waals surface area (Å²) in [5, 5.41) is 9.51. The van der Waals surface area contributed by atoms with Gasteiger partial charge >= 0.3 is 0 Å². The lowest BCUT2D eigenvalue weighted by Gasteiger charge is -2.18. The largest absolute Gasteiger partial charge is 0.376 e. The molecular weight excluding hydrogens is 440 g/mol. The third kappa shape index (κ3) is 3.47. The van der Waals surface area contributed by atoms with Crippen molar-refractivity contribution in [2.24, 2.45) is 7.05 Å². The molecule has 6 rings (SSSR count). The predicted molar refractivity (Wildman–Crippen MR) is 121 cm³/mol. The van der Waals surface area contributed by atoms with Gasteiger partial charge in [0.25, 0.3) is 5.91 Å². The highest BCUT2D eigenvalue weighted by atomic mass is 19.1. The Morgan fingerprint density at radius 3 is 2.79 bits per heavy atom. The molecule has 2 aromatic carbocycles. The molecule has 2 aromatic heterocycles. The van der Waals surface area contributed by atoms with Crippen LogP contribution in [0.3, 0.4) is 0 Å². The number of aromatic nitrogens is 4. The zero-order valence-corrected chi connectivity index (χ0v) is 18.7. The van der Waals surface area contributed by atoms with Crippen LogP contribution < -0.4 is 0 Å². The fraction of sp³-hybridized carbons (Fsp3) is 0.320. The van der Waals surface area contributed by atoms with E-state index in [0.717, 1.165) is 35.9 Å². The lowest BCUT2D eigenvalue weighted by Crippen LogP contribution is -2.28. The van der Waals surface area contributed by atoms with E-state index in [9.17, 15) is 4.79 Å². The molecule has 4 heterocycles. The zero-order chi connectivity index (χ0) is 23.4. The third-order valence-electron chi connectivity index (χ3n) is 6.63. The quantitative estimate of drug-likeness (QED) is 0.448. The van der Waals surface area contributed by atoms with Gasteiger partial charge in [-0.1, -0.05) is 12.1 Å². The summed E-state index contributed by atoms with van der Waals surface area (Å²) in [4.78, 5) is 14.5. The van der Waals surface area contributed by atoms with Gasteiger partial charge in [-0.2, -0.15) is 10.2 Å². The summed E-state index contributed by atoms with van der Waals surface area (Å²) in [5.74, 6) is -1.63. The molecule has 0 bridgehead atoms. The van der Waals surface area contributed by atoms with Crippen molar-refractivity contribution in [3.05, 3.63) is 71.2 Å². The standard InChI is InChI=1S/C25H23F2N5O2/c1-30-13-19-18(5-2-6-23(19)29-30)15-8-21(26)20(22(27)9-15)14-31-11-16-10-28-32(24(16)25(31)33)12-17-4-3-7-34-17/h2,5-6,8-10,13,17H,3-4,7,11-12,14H2,1H3. The Kier molecular flexibility index (Phi) is 4.95. The zero-order valence-electron chi connectivity index (χ0n) is 18.7. The summed E-state index contributed by atoms with van der Waals surface area (Å²) < 4.78 is 39.3. The number of nitrogens with zero attached hydrogens (tertiary/aromatic N) is 5. The number of aryl methyl sites for hydroxylation is 1. The minimum Gasteiger partial charge on any atom is -0.376 e. The van der Waals surface area contributed by atoms with Gasteiger partial charge in [-0.05, 0) is 42.2 Å². The number of hydrogen-bond acceptors (Lipinski definition) is 4. The van der Waals surface area contributed by atoms with Crippen molar-refractivity contribution < 1.29 is 18.3 Å². The molecule has 9 heteroatoms. The SMILES string of the molecule is Cn1cc2c(-c3cc(F)c(CN4Cc5cnn(CC6CCCO6)c5C4=O)c(F)c3)cccc2n1. The number of hydrogen-bond donors (Lipinski definition) is 0. The molecule has 1 fully saturated rings. The van der Waals surface area contributed by atoms with Crippen molar-refractivity contribution in [3.63, 3.8) is 0 Å². The molecule has 0 aliphatic carbocycles. The smallest absolute Gasteiger partial charge is 0.273 e. The number of amides is 1. The molecule has 0 saturated carbocycles. The Morgan fingerprint density at radius 2 is 2.03 bits per heavy atom. The Hall–Kier alpha value is -3.59. The van der Waals surface area contributed by atoms with E-state index in [1.807, 2.05) is 24.4 Å². The van der Waals surface area contributed by atoms with Crippen LogP contribution in [-0.2, 0) is 31.4 Å². The second kappa shape index (κ2) is 8.02. The fourth-order valence-electron chi connectivity index (χ4n) is 4.98. The topological polar surface area (TPSA) is 65.2 Å². The highest BCUT2D eigenvalue weighted by Gasteiger charge is 2.34. The van der Waals surface area contributed by atoms with Gasteiger partial charge in [0.05, 0.1) is 37.5 Å². The van der Waals surface area contributed by atoms with Crippen LogP contribution >= 0.6 is 0 Å². The van der Waals surface area contributed by atoms with E-state index < -0.39 is 11.6 Å². The number of carbonyl (C=O) groups excluding carboxylic acids is 1. The molecule has 1 atom stereocenters. The third-order valence-corrected chi connectivity index (χ3v) is 6.63. The van der Waals surface area contributed by atoms with Gasteiger partial charge in [-0.15, -0.1) is 0 Å². The van der Waals surface area contributed by atoms with Crippen molar-refractivity contribution in [1.82, 2.24) is 24.5 Å². The first kappa shape index (κ1) is 21.0. The normalized spacial score (nSPS) is 17.8. The first-order valence-corrected chi connectivity index (χ1v) is 11.3. The van der Waals surface area contributed by atoms with E-state index in [-0.39, 0.29) is 30.7 Å². The molecule has 34 heavy (non-hydrogen) atoms. The maximum Gasteiger partial charge on any atom is 0.273 e. The molecule has 174 valence electrons. The maximum atomic E-state index is 15.2. The minimum atomic E-state index is -0.680. The summed E-state index contributed by atoms with van der Waals surface area (Å²) in [6.45, 7) is 1.35. The Morgan fingerprint density at radius 1 is 1.21 bits per heavy atom. The van der Waals surface area contributed by atoms with Crippen molar-refractivity contribution in [1.29, 1.82) is 0 Å². The number of rotatable bonds is 5. The summed E-state index contributed by atoms with van der Waals surface area (Å²) in [6.07, 6.45) is 5.46. The van der Waals surface area contributed by atoms with E-state index >= 15 is 8.78 Å². The van der Waals surface area contributed by atoms with Crippen molar-refractivity contribution in [2.75, 3.05) is 6.61 Å². The monoisotopic (exact) mass is 463 g/mol. The van der Waals surface area contributed by atoms with Crippen LogP contribution in [-0.4, -0.2) is 43.1 Å². The van der Waals surface area contributed by atoms with Crippen LogP contribution in [0.1, 0.15) is 34.5 Å². The molecule has 1 amide bonds. The van der Waals surface area contributed by atoms with Gasteiger partial charge < -0.3 is 9.64 Å². The second-order valence-electron chi connectivity index (χ2n) is 8.96. The van der Waals surface area contributed by atoms with E-state index in [0.29, 0.717) is 23.4 Å². The van der Waals surface area contributed by atoms with Gasteiger partial charge in [-0.3, -0.25) is 14.2 Å². The molecule has 2 aliphatic rings. The van der Waals surface area contributed by atoms with Crippen molar-refractivity contribution >= 4 is 16.8 Å². The van der Waals surface area contributed by atoms with E-state index in [1.54, 1.807) is 22.6 Å².